The first-order valence-corrected chi connectivity index (χ1v) is 12.4. The van der Waals surface area contributed by atoms with Crippen LogP contribution in [0.2, 0.25) is 0 Å². The summed E-state index contributed by atoms with van der Waals surface area (Å²) in [5, 5.41) is 2.89. The van der Waals surface area contributed by atoms with Gasteiger partial charge in [0, 0.05) is 54.5 Å². The van der Waals surface area contributed by atoms with Crippen LogP contribution in [-0.2, 0) is 6.42 Å². The lowest BCUT2D eigenvalue weighted by molar-refractivity contribution is 0.0646. The van der Waals surface area contributed by atoms with E-state index in [1.54, 1.807) is 12.1 Å². The molecule has 0 aromatic heterocycles. The van der Waals surface area contributed by atoms with Crippen molar-refractivity contribution < 1.29 is 14.0 Å². The minimum Gasteiger partial charge on any atom is -0.349 e. The van der Waals surface area contributed by atoms with E-state index in [9.17, 15) is 14.0 Å². The Morgan fingerprint density at radius 3 is 2.48 bits per heavy atom. The Hall–Kier alpha value is -2.73. The van der Waals surface area contributed by atoms with Crippen LogP contribution in [0.1, 0.15) is 64.8 Å². The van der Waals surface area contributed by atoms with Crippen molar-refractivity contribution in [2.75, 3.05) is 19.6 Å². The summed E-state index contributed by atoms with van der Waals surface area (Å²) in [7, 11) is 0. The number of amides is 2. The molecule has 172 valence electrons. The lowest BCUT2D eigenvalue weighted by Crippen LogP contribution is -2.47. The summed E-state index contributed by atoms with van der Waals surface area (Å²) in [5.74, 6) is -0.526. The van der Waals surface area contributed by atoms with Gasteiger partial charge in [-0.25, -0.2) is 4.39 Å². The van der Waals surface area contributed by atoms with E-state index in [0.717, 1.165) is 68.0 Å². The van der Waals surface area contributed by atoms with Gasteiger partial charge in [0.1, 0.15) is 5.82 Å². The molecule has 0 unspecified atom stereocenters. The van der Waals surface area contributed by atoms with Crippen molar-refractivity contribution >= 4 is 11.8 Å². The van der Waals surface area contributed by atoms with Gasteiger partial charge in [-0.05, 0) is 67.9 Å². The molecule has 2 aromatic rings. The summed E-state index contributed by atoms with van der Waals surface area (Å²) in [4.78, 5) is 30.1. The van der Waals surface area contributed by atoms with Crippen molar-refractivity contribution in [2.45, 2.75) is 63.1 Å². The number of carbonyl (C=O) groups excluding carboxylic acids is 2. The minimum atomic E-state index is -0.413. The molecule has 2 saturated carbocycles. The van der Waals surface area contributed by atoms with E-state index >= 15 is 0 Å². The summed E-state index contributed by atoms with van der Waals surface area (Å²) in [6, 6.07) is 11.6. The minimum absolute atomic E-state index is 0.107. The molecule has 1 saturated heterocycles. The third-order valence-corrected chi connectivity index (χ3v) is 7.90. The number of hydrogen-bond acceptors (Lipinski definition) is 3. The van der Waals surface area contributed by atoms with Crippen molar-refractivity contribution in [2.24, 2.45) is 0 Å². The van der Waals surface area contributed by atoms with Gasteiger partial charge in [0.25, 0.3) is 11.8 Å². The van der Waals surface area contributed by atoms with Gasteiger partial charge in [0.15, 0.2) is 0 Å². The number of benzene rings is 2. The van der Waals surface area contributed by atoms with Gasteiger partial charge >= 0.3 is 0 Å². The Kier molecular flexibility index (Phi) is 5.21. The highest BCUT2D eigenvalue weighted by atomic mass is 19.1. The second-order valence-corrected chi connectivity index (χ2v) is 10.1. The maximum absolute atomic E-state index is 14.9. The molecule has 2 amide bonds. The number of fused-ring (bicyclic) bond motifs is 1. The Morgan fingerprint density at radius 1 is 0.939 bits per heavy atom. The smallest absolute Gasteiger partial charge is 0.254 e. The first-order valence-electron chi connectivity index (χ1n) is 12.4. The van der Waals surface area contributed by atoms with Crippen molar-refractivity contribution in [3.8, 4) is 11.1 Å². The van der Waals surface area contributed by atoms with Crippen molar-refractivity contribution in [3.63, 3.8) is 0 Å². The molecule has 1 N–H and O–H groups in total. The summed E-state index contributed by atoms with van der Waals surface area (Å²) >= 11 is 0. The number of nitrogens with one attached hydrogen (secondary N) is 1. The van der Waals surface area contributed by atoms with Gasteiger partial charge < -0.3 is 10.2 Å². The highest BCUT2D eigenvalue weighted by Gasteiger charge is 2.37. The number of rotatable bonds is 5. The normalized spacial score (nSPS) is 23.4. The molecule has 6 heteroatoms. The van der Waals surface area contributed by atoms with Crippen LogP contribution in [0.5, 0.6) is 0 Å². The molecule has 2 aliphatic carbocycles. The summed E-state index contributed by atoms with van der Waals surface area (Å²) in [6.07, 6.45) is 7.78. The molecule has 5 nitrogen and oxygen atoms in total. The maximum atomic E-state index is 14.9. The van der Waals surface area contributed by atoms with E-state index in [4.69, 9.17) is 0 Å². The molecule has 6 rings (SSSR count). The lowest BCUT2D eigenvalue weighted by atomic mass is 9.91. The van der Waals surface area contributed by atoms with E-state index in [-0.39, 0.29) is 17.9 Å². The molecule has 0 bridgehead atoms. The van der Waals surface area contributed by atoms with E-state index in [1.807, 2.05) is 18.2 Å². The molecule has 4 aliphatic rings. The molecule has 2 aromatic carbocycles. The first kappa shape index (κ1) is 20.8. The van der Waals surface area contributed by atoms with Crippen LogP contribution in [-0.4, -0.2) is 59.4 Å². The summed E-state index contributed by atoms with van der Waals surface area (Å²) in [5.41, 5.74) is 3.28. The second-order valence-electron chi connectivity index (χ2n) is 10.1. The van der Waals surface area contributed by atoms with Crippen molar-refractivity contribution in [3.05, 3.63) is 58.9 Å². The van der Waals surface area contributed by atoms with Crippen molar-refractivity contribution in [1.29, 1.82) is 0 Å². The highest BCUT2D eigenvalue weighted by Crippen LogP contribution is 2.33. The average molecular weight is 448 g/mol. The molecule has 2 aliphatic heterocycles. The molecule has 33 heavy (non-hydrogen) atoms. The van der Waals surface area contributed by atoms with Gasteiger partial charge in [-0.1, -0.05) is 24.6 Å². The van der Waals surface area contributed by atoms with Gasteiger partial charge in [-0.3, -0.25) is 14.5 Å². The summed E-state index contributed by atoms with van der Waals surface area (Å²) < 4.78 is 14.9. The van der Waals surface area contributed by atoms with Crippen LogP contribution in [0.15, 0.2) is 36.4 Å². The summed E-state index contributed by atoms with van der Waals surface area (Å²) in [6.45, 7) is 2.82. The van der Waals surface area contributed by atoms with E-state index in [2.05, 4.69) is 15.1 Å². The number of hydrogen-bond donors (Lipinski definition) is 1. The molecule has 0 spiro atoms. The number of likely N-dealkylation sites (tertiary alicyclic amines) is 1. The van der Waals surface area contributed by atoms with Gasteiger partial charge in [-0.15, -0.1) is 0 Å². The van der Waals surface area contributed by atoms with Crippen LogP contribution in [0.3, 0.4) is 0 Å². The first-order chi connectivity index (χ1) is 16.1. The van der Waals surface area contributed by atoms with Gasteiger partial charge in [0.05, 0.1) is 0 Å². The number of halogens is 1. The van der Waals surface area contributed by atoms with E-state index in [0.29, 0.717) is 17.2 Å². The highest BCUT2D eigenvalue weighted by molar-refractivity contribution is 5.98. The molecule has 3 fully saturated rings. The zero-order chi connectivity index (χ0) is 22.5. The third-order valence-electron chi connectivity index (χ3n) is 7.90. The SMILES string of the molecule is O=C(NC1CC1)c1ccc(-c2ccc3c(c2)CCN([C@H]2CCN(C4CCC4)C2)C3=O)c(F)c1. The number of nitrogens with zero attached hydrogens (tertiary/aromatic N) is 2. The molecular formula is C27H30FN3O2. The predicted octanol–water partition coefficient (Wildman–Crippen LogP) is 4.01. The lowest BCUT2D eigenvalue weighted by Gasteiger charge is -2.37. The topological polar surface area (TPSA) is 52.7 Å². The quantitative estimate of drug-likeness (QED) is 0.754. The fourth-order valence-electron chi connectivity index (χ4n) is 5.52. The second kappa shape index (κ2) is 8.24. The fraction of sp³-hybridized carbons (Fsp3) is 0.481. The molecule has 1 atom stereocenters. The Morgan fingerprint density at radius 2 is 1.76 bits per heavy atom. The van der Waals surface area contributed by atoms with Crippen molar-refractivity contribution in [1.82, 2.24) is 15.1 Å². The standard InChI is InChI=1S/C27H30FN3O2/c28-25-15-19(26(32)29-20-6-7-20)5-8-23(25)17-4-9-24-18(14-17)10-13-31(27(24)33)22-11-12-30(16-22)21-2-1-3-21/h4-5,8-9,14-15,20-22H,1-3,6-7,10-13,16H2,(H,29,32)/t22-/m0/s1. The van der Waals surface area contributed by atoms with Crippen LogP contribution < -0.4 is 5.32 Å². The molecule has 2 heterocycles. The van der Waals surface area contributed by atoms with Crippen LogP contribution in [0.4, 0.5) is 4.39 Å². The van der Waals surface area contributed by atoms with E-state index in [1.165, 1.54) is 25.3 Å². The monoisotopic (exact) mass is 447 g/mol. The van der Waals surface area contributed by atoms with Gasteiger partial charge in [0.2, 0.25) is 0 Å². The Bertz CT molecular complexity index is 1110. The van der Waals surface area contributed by atoms with Crippen LogP contribution in [0.25, 0.3) is 11.1 Å². The van der Waals surface area contributed by atoms with Gasteiger partial charge in [-0.2, -0.15) is 0 Å². The predicted molar refractivity (Wildman–Crippen MR) is 125 cm³/mol. The maximum Gasteiger partial charge on any atom is 0.254 e. The molecular weight excluding hydrogens is 417 g/mol. The van der Waals surface area contributed by atoms with E-state index < -0.39 is 5.82 Å². The number of carbonyl (C=O) groups is 2. The largest absolute Gasteiger partial charge is 0.349 e. The zero-order valence-corrected chi connectivity index (χ0v) is 18.9. The Labute approximate surface area is 193 Å². The van der Waals surface area contributed by atoms with Crippen LogP contribution >= 0.6 is 0 Å². The fourth-order valence-corrected chi connectivity index (χ4v) is 5.52. The molecule has 0 radical (unpaired) electrons. The zero-order valence-electron chi connectivity index (χ0n) is 18.9. The Balaban J connectivity index is 1.18. The third kappa shape index (κ3) is 3.95. The van der Waals surface area contributed by atoms with Crippen LogP contribution in [0, 0.1) is 5.82 Å². The average Bonchev–Trinajstić information content (AvgIpc) is 3.47.